The molecule has 0 fully saturated rings. The predicted molar refractivity (Wildman–Crippen MR) is 107 cm³/mol. The van der Waals surface area contributed by atoms with Crippen molar-refractivity contribution in [3.63, 3.8) is 0 Å². The number of nitriles is 1. The molecule has 28 heavy (non-hydrogen) atoms. The Morgan fingerprint density at radius 2 is 1.93 bits per heavy atom. The maximum absolute atomic E-state index is 12.8. The van der Waals surface area contributed by atoms with Gasteiger partial charge in [-0.2, -0.15) is 5.26 Å². The van der Waals surface area contributed by atoms with E-state index in [0.717, 1.165) is 11.1 Å². The van der Waals surface area contributed by atoms with Crippen LogP contribution in [0.2, 0.25) is 0 Å². The van der Waals surface area contributed by atoms with Gasteiger partial charge in [-0.25, -0.2) is 4.39 Å². The molecule has 0 unspecified atom stereocenters. The molecule has 6 heteroatoms. The summed E-state index contributed by atoms with van der Waals surface area (Å²) >= 11 is 0. The topological polar surface area (TPSA) is 82.3 Å². The fourth-order valence-electron chi connectivity index (χ4n) is 2.10. The minimum Gasteiger partial charge on any atom is -0.504 e. The van der Waals surface area contributed by atoms with Gasteiger partial charge in [0.25, 0.3) is 5.91 Å². The second-order valence-corrected chi connectivity index (χ2v) is 5.29. The van der Waals surface area contributed by atoms with Gasteiger partial charge in [0.2, 0.25) is 0 Å². The number of hydrogen-bond acceptors (Lipinski definition) is 4. The van der Waals surface area contributed by atoms with Gasteiger partial charge in [-0.3, -0.25) is 4.79 Å². The average Bonchev–Trinajstić information content (AvgIpc) is 2.73. The molecule has 0 bridgehead atoms. The summed E-state index contributed by atoms with van der Waals surface area (Å²) in [7, 11) is 1.45. The molecule has 0 atom stereocenters. The molecule has 0 aliphatic rings. The predicted octanol–water partition coefficient (Wildman–Crippen LogP) is 4.35. The Labute approximate surface area is 164 Å². The van der Waals surface area contributed by atoms with Gasteiger partial charge < -0.3 is 15.2 Å². The SMILES string of the molecule is CC.COc1cc(/C=C/C=C(\C#N)C(=O)NCc2ccc(F)cc2)ccc1O. The number of phenols is 1. The highest BCUT2D eigenvalue weighted by molar-refractivity contribution is 5.97. The first-order valence-electron chi connectivity index (χ1n) is 8.71. The number of ether oxygens (including phenoxy) is 1. The van der Waals surface area contributed by atoms with Crippen LogP contribution in [-0.4, -0.2) is 18.1 Å². The summed E-state index contributed by atoms with van der Waals surface area (Å²) in [6, 6.07) is 12.3. The van der Waals surface area contributed by atoms with Crippen molar-refractivity contribution in [3.8, 4) is 17.6 Å². The lowest BCUT2D eigenvalue weighted by Crippen LogP contribution is -2.23. The Kier molecular flexibility index (Phi) is 9.55. The number of benzene rings is 2. The number of amides is 1. The van der Waals surface area contributed by atoms with Crippen LogP contribution in [0.3, 0.4) is 0 Å². The number of carbonyl (C=O) groups excluding carboxylic acids is 1. The summed E-state index contributed by atoms with van der Waals surface area (Å²) in [6.45, 7) is 4.19. The molecule has 2 aromatic rings. The third-order valence-electron chi connectivity index (χ3n) is 3.49. The Balaban J connectivity index is 0.00000190. The van der Waals surface area contributed by atoms with Crippen LogP contribution in [0, 0.1) is 17.1 Å². The van der Waals surface area contributed by atoms with Gasteiger partial charge in [-0.05, 0) is 41.5 Å². The highest BCUT2D eigenvalue weighted by Gasteiger charge is 2.07. The fourth-order valence-corrected chi connectivity index (χ4v) is 2.10. The van der Waals surface area contributed by atoms with Crippen LogP contribution < -0.4 is 10.1 Å². The van der Waals surface area contributed by atoms with Crippen molar-refractivity contribution in [1.82, 2.24) is 5.32 Å². The minimum absolute atomic E-state index is 0.0260. The van der Waals surface area contributed by atoms with Crippen molar-refractivity contribution in [3.05, 3.63) is 77.1 Å². The molecule has 0 aliphatic heterocycles. The van der Waals surface area contributed by atoms with E-state index in [4.69, 9.17) is 10.00 Å². The van der Waals surface area contributed by atoms with Gasteiger partial charge in [0, 0.05) is 6.54 Å². The largest absolute Gasteiger partial charge is 0.504 e. The molecule has 146 valence electrons. The summed E-state index contributed by atoms with van der Waals surface area (Å²) in [5, 5.41) is 21.3. The molecule has 1 amide bonds. The number of aromatic hydroxyl groups is 1. The second kappa shape index (κ2) is 11.9. The van der Waals surface area contributed by atoms with E-state index in [0.29, 0.717) is 5.75 Å². The third kappa shape index (κ3) is 6.96. The monoisotopic (exact) mass is 382 g/mol. The van der Waals surface area contributed by atoms with E-state index in [1.807, 2.05) is 19.9 Å². The summed E-state index contributed by atoms with van der Waals surface area (Å²) in [5.74, 6) is -0.523. The maximum atomic E-state index is 12.8. The molecule has 2 rings (SSSR count). The van der Waals surface area contributed by atoms with Crippen molar-refractivity contribution < 1.29 is 19.0 Å². The Morgan fingerprint density at radius 1 is 1.25 bits per heavy atom. The summed E-state index contributed by atoms with van der Waals surface area (Å²) in [5.41, 5.74) is 1.40. The van der Waals surface area contributed by atoms with Gasteiger partial charge >= 0.3 is 0 Å². The number of methoxy groups -OCH3 is 1. The molecule has 0 aliphatic carbocycles. The summed E-state index contributed by atoms with van der Waals surface area (Å²) in [6.07, 6.45) is 4.62. The molecule has 0 heterocycles. The first kappa shape index (κ1) is 22.5. The molecule has 0 radical (unpaired) electrons. The lowest BCUT2D eigenvalue weighted by atomic mass is 10.1. The molecule has 5 nitrogen and oxygen atoms in total. The average molecular weight is 382 g/mol. The zero-order valence-electron chi connectivity index (χ0n) is 16.1. The number of carbonyl (C=O) groups is 1. The Hall–Kier alpha value is -3.59. The van der Waals surface area contributed by atoms with Crippen molar-refractivity contribution >= 4 is 12.0 Å². The molecule has 0 saturated carbocycles. The lowest BCUT2D eigenvalue weighted by Gasteiger charge is -2.04. The highest BCUT2D eigenvalue weighted by Crippen LogP contribution is 2.26. The normalized spacial score (nSPS) is 10.6. The van der Waals surface area contributed by atoms with Crippen LogP contribution in [0.5, 0.6) is 11.5 Å². The quantitative estimate of drug-likeness (QED) is 0.442. The van der Waals surface area contributed by atoms with E-state index >= 15 is 0 Å². The molecular formula is C22H23FN2O3. The standard InChI is InChI=1S/C20H17FN2O3.C2H6/c1-26-19-11-14(7-10-18(19)24)3-2-4-16(12-22)20(25)23-13-15-5-8-17(21)9-6-15;1-2/h2-11,24H,13H2,1H3,(H,23,25);1-2H3/b3-2+,16-4+;. The first-order chi connectivity index (χ1) is 13.5. The van der Waals surface area contributed by atoms with Gasteiger partial charge in [-0.15, -0.1) is 0 Å². The van der Waals surface area contributed by atoms with Gasteiger partial charge in [0.15, 0.2) is 11.5 Å². The van der Waals surface area contributed by atoms with Crippen LogP contribution in [0.25, 0.3) is 6.08 Å². The van der Waals surface area contributed by atoms with Crippen molar-refractivity contribution in [2.75, 3.05) is 7.11 Å². The molecule has 2 aromatic carbocycles. The number of nitrogens with one attached hydrogen (secondary N) is 1. The van der Waals surface area contributed by atoms with E-state index in [1.54, 1.807) is 36.4 Å². The highest BCUT2D eigenvalue weighted by atomic mass is 19.1. The fraction of sp³-hybridized carbons (Fsp3) is 0.182. The summed E-state index contributed by atoms with van der Waals surface area (Å²) in [4.78, 5) is 12.0. The number of halogens is 1. The molecule has 0 aromatic heterocycles. The van der Waals surface area contributed by atoms with Gasteiger partial charge in [-0.1, -0.05) is 44.2 Å². The van der Waals surface area contributed by atoms with Gasteiger partial charge in [0.05, 0.1) is 7.11 Å². The number of nitrogens with zero attached hydrogens (tertiary/aromatic N) is 1. The number of allylic oxidation sites excluding steroid dienone is 2. The smallest absolute Gasteiger partial charge is 0.262 e. The number of hydrogen-bond donors (Lipinski definition) is 2. The lowest BCUT2D eigenvalue weighted by molar-refractivity contribution is -0.117. The minimum atomic E-state index is -0.523. The molecule has 2 N–H and O–H groups in total. The molecular weight excluding hydrogens is 359 g/mol. The van der Waals surface area contributed by atoms with Crippen LogP contribution >= 0.6 is 0 Å². The Bertz CT molecular complexity index is 882. The third-order valence-corrected chi connectivity index (χ3v) is 3.49. The Morgan fingerprint density at radius 3 is 2.54 bits per heavy atom. The first-order valence-corrected chi connectivity index (χ1v) is 8.71. The van der Waals surface area contributed by atoms with Crippen LogP contribution in [0.4, 0.5) is 4.39 Å². The van der Waals surface area contributed by atoms with Crippen LogP contribution in [0.1, 0.15) is 25.0 Å². The van der Waals surface area contributed by atoms with Crippen LogP contribution in [0.15, 0.2) is 60.2 Å². The molecule has 0 saturated heterocycles. The van der Waals surface area contributed by atoms with Crippen LogP contribution in [-0.2, 0) is 11.3 Å². The van der Waals surface area contributed by atoms with E-state index in [-0.39, 0.29) is 23.7 Å². The van der Waals surface area contributed by atoms with E-state index in [9.17, 15) is 14.3 Å². The van der Waals surface area contributed by atoms with E-state index in [1.165, 1.54) is 31.4 Å². The maximum Gasteiger partial charge on any atom is 0.262 e. The second-order valence-electron chi connectivity index (χ2n) is 5.29. The zero-order valence-corrected chi connectivity index (χ0v) is 16.1. The van der Waals surface area contributed by atoms with Crippen molar-refractivity contribution in [2.45, 2.75) is 20.4 Å². The number of phenolic OH excluding ortho intramolecular Hbond substituents is 1. The summed E-state index contributed by atoms with van der Waals surface area (Å²) < 4.78 is 17.9. The van der Waals surface area contributed by atoms with E-state index in [2.05, 4.69) is 5.32 Å². The van der Waals surface area contributed by atoms with Gasteiger partial charge in [0.1, 0.15) is 17.5 Å². The van der Waals surface area contributed by atoms with Crippen molar-refractivity contribution in [1.29, 1.82) is 5.26 Å². The van der Waals surface area contributed by atoms with E-state index < -0.39 is 5.91 Å². The molecule has 0 spiro atoms. The van der Waals surface area contributed by atoms with Crippen molar-refractivity contribution in [2.24, 2.45) is 0 Å². The zero-order chi connectivity index (χ0) is 20.9. The number of rotatable bonds is 6.